The maximum Gasteiger partial charge on any atom is 0.228 e. The van der Waals surface area contributed by atoms with E-state index in [1.807, 2.05) is 0 Å². The van der Waals surface area contributed by atoms with Gasteiger partial charge < -0.3 is 14.6 Å². The highest BCUT2D eigenvalue weighted by Crippen LogP contribution is 2.31. The topological polar surface area (TPSA) is 74.3 Å². The number of likely N-dealkylation sites (tertiary alicyclic amines) is 1. The summed E-state index contributed by atoms with van der Waals surface area (Å²) in [5, 5.41) is 0. The van der Waals surface area contributed by atoms with Gasteiger partial charge in [-0.15, -0.1) is 0 Å². The Balaban J connectivity index is 1.48. The van der Waals surface area contributed by atoms with Gasteiger partial charge in [0.25, 0.3) is 0 Å². The molecule has 7 nitrogen and oxygen atoms in total. The normalized spacial score (nSPS) is 15.3. The Hall–Kier alpha value is -3.10. The first-order valence-electron chi connectivity index (χ1n) is 10.7. The third kappa shape index (κ3) is 4.71. The average molecular weight is 438 g/mol. The number of methoxy groups -OCH3 is 1. The smallest absolute Gasteiger partial charge is 0.228 e. The SMILES string of the molecule is COc1cccc(F)c1-c1cc(C(=O)c2ncc(CN3CCC(N(C)C)CC3)[nH]2)ccn1. The van der Waals surface area contributed by atoms with Gasteiger partial charge in [-0.1, -0.05) is 6.07 Å². The number of rotatable bonds is 7. The van der Waals surface area contributed by atoms with Crippen molar-refractivity contribution in [1.29, 1.82) is 0 Å². The summed E-state index contributed by atoms with van der Waals surface area (Å²) in [6.45, 7) is 2.76. The number of pyridine rings is 1. The Kier molecular flexibility index (Phi) is 6.62. The Morgan fingerprint density at radius 2 is 2.03 bits per heavy atom. The van der Waals surface area contributed by atoms with E-state index in [1.165, 1.54) is 19.4 Å². The number of piperidine rings is 1. The van der Waals surface area contributed by atoms with E-state index >= 15 is 0 Å². The minimum absolute atomic E-state index is 0.228. The molecular formula is C24H28FN5O2. The van der Waals surface area contributed by atoms with Crippen molar-refractivity contribution in [3.8, 4) is 17.0 Å². The number of ether oxygens (including phenoxy) is 1. The summed E-state index contributed by atoms with van der Waals surface area (Å²) in [5.74, 6) is -0.0949. The van der Waals surface area contributed by atoms with E-state index in [0.29, 0.717) is 23.0 Å². The minimum atomic E-state index is -0.459. The molecule has 0 spiro atoms. The first kappa shape index (κ1) is 22.1. The molecule has 0 radical (unpaired) electrons. The van der Waals surface area contributed by atoms with Crippen LogP contribution in [-0.4, -0.2) is 70.9 Å². The quantitative estimate of drug-likeness (QED) is 0.572. The van der Waals surface area contributed by atoms with E-state index in [4.69, 9.17) is 4.74 Å². The van der Waals surface area contributed by atoms with Crippen LogP contribution in [0.2, 0.25) is 0 Å². The summed E-state index contributed by atoms with van der Waals surface area (Å²) < 4.78 is 19.7. The summed E-state index contributed by atoms with van der Waals surface area (Å²) in [7, 11) is 5.72. The number of aromatic nitrogens is 3. The molecular weight excluding hydrogens is 409 g/mol. The monoisotopic (exact) mass is 437 g/mol. The predicted molar refractivity (Wildman–Crippen MR) is 120 cm³/mol. The zero-order valence-electron chi connectivity index (χ0n) is 18.6. The zero-order chi connectivity index (χ0) is 22.7. The first-order valence-corrected chi connectivity index (χ1v) is 10.7. The average Bonchev–Trinajstić information content (AvgIpc) is 3.27. The predicted octanol–water partition coefficient (Wildman–Crippen LogP) is 3.38. The van der Waals surface area contributed by atoms with E-state index in [2.05, 4.69) is 38.8 Å². The molecule has 1 saturated heterocycles. The number of nitrogens with zero attached hydrogens (tertiary/aromatic N) is 4. The van der Waals surface area contributed by atoms with E-state index in [-0.39, 0.29) is 17.2 Å². The highest BCUT2D eigenvalue weighted by Gasteiger charge is 2.22. The summed E-state index contributed by atoms with van der Waals surface area (Å²) in [4.78, 5) is 29.4. The number of carbonyl (C=O) groups is 1. The molecule has 0 saturated carbocycles. The molecule has 0 bridgehead atoms. The number of aromatic amines is 1. The number of imidazole rings is 1. The van der Waals surface area contributed by atoms with Crippen molar-refractivity contribution in [2.24, 2.45) is 0 Å². The van der Waals surface area contributed by atoms with Gasteiger partial charge in [-0.2, -0.15) is 0 Å². The maximum absolute atomic E-state index is 14.4. The molecule has 0 aliphatic carbocycles. The van der Waals surface area contributed by atoms with Gasteiger partial charge in [-0.25, -0.2) is 9.37 Å². The van der Waals surface area contributed by atoms with Crippen LogP contribution in [0.1, 0.15) is 34.7 Å². The van der Waals surface area contributed by atoms with Crippen LogP contribution in [-0.2, 0) is 6.54 Å². The summed E-state index contributed by atoms with van der Waals surface area (Å²) >= 11 is 0. The Labute approximate surface area is 187 Å². The van der Waals surface area contributed by atoms with Crippen LogP contribution in [0.5, 0.6) is 5.75 Å². The van der Waals surface area contributed by atoms with Gasteiger partial charge in [0.15, 0.2) is 5.82 Å². The number of hydrogen-bond acceptors (Lipinski definition) is 6. The fourth-order valence-electron chi connectivity index (χ4n) is 4.16. The minimum Gasteiger partial charge on any atom is -0.496 e. The first-order chi connectivity index (χ1) is 15.5. The van der Waals surface area contributed by atoms with Gasteiger partial charge in [-0.3, -0.25) is 14.7 Å². The molecule has 168 valence electrons. The maximum atomic E-state index is 14.4. The van der Waals surface area contributed by atoms with Crippen molar-refractivity contribution in [3.63, 3.8) is 0 Å². The van der Waals surface area contributed by atoms with Crippen molar-refractivity contribution in [1.82, 2.24) is 24.8 Å². The molecule has 1 fully saturated rings. The fourth-order valence-corrected chi connectivity index (χ4v) is 4.16. The highest BCUT2D eigenvalue weighted by atomic mass is 19.1. The van der Waals surface area contributed by atoms with Crippen molar-refractivity contribution < 1.29 is 13.9 Å². The van der Waals surface area contributed by atoms with E-state index in [1.54, 1.807) is 30.5 Å². The number of ketones is 1. The van der Waals surface area contributed by atoms with Crippen LogP contribution >= 0.6 is 0 Å². The molecule has 1 N–H and O–H groups in total. The second kappa shape index (κ2) is 9.58. The molecule has 0 amide bonds. The molecule has 1 aliphatic heterocycles. The summed E-state index contributed by atoms with van der Waals surface area (Å²) in [5.41, 5.74) is 1.85. The van der Waals surface area contributed by atoms with Gasteiger partial charge >= 0.3 is 0 Å². The molecule has 32 heavy (non-hydrogen) atoms. The van der Waals surface area contributed by atoms with E-state index < -0.39 is 5.82 Å². The molecule has 0 unspecified atom stereocenters. The van der Waals surface area contributed by atoms with Crippen LogP contribution in [0.15, 0.2) is 42.7 Å². The number of carbonyl (C=O) groups excluding carboxylic acids is 1. The van der Waals surface area contributed by atoms with Crippen molar-refractivity contribution in [3.05, 3.63) is 65.6 Å². The lowest BCUT2D eigenvalue weighted by molar-refractivity contribution is 0.102. The van der Waals surface area contributed by atoms with Crippen molar-refractivity contribution in [2.45, 2.75) is 25.4 Å². The fraction of sp³-hybridized carbons (Fsp3) is 0.375. The molecule has 3 heterocycles. The number of nitrogens with one attached hydrogen (secondary N) is 1. The third-order valence-electron chi connectivity index (χ3n) is 6.00. The van der Waals surface area contributed by atoms with E-state index in [9.17, 15) is 9.18 Å². The van der Waals surface area contributed by atoms with Gasteiger partial charge in [0.05, 0.1) is 24.6 Å². The van der Waals surface area contributed by atoms with Crippen LogP contribution in [0.4, 0.5) is 4.39 Å². The molecule has 0 atom stereocenters. The van der Waals surface area contributed by atoms with Gasteiger partial charge in [0.1, 0.15) is 11.6 Å². The lowest BCUT2D eigenvalue weighted by atomic mass is 10.0. The molecule has 1 aromatic carbocycles. The molecule has 1 aliphatic rings. The number of H-pyrrole nitrogens is 1. The number of benzene rings is 1. The highest BCUT2D eigenvalue weighted by molar-refractivity contribution is 6.07. The zero-order valence-corrected chi connectivity index (χ0v) is 18.6. The number of halogens is 1. The second-order valence-electron chi connectivity index (χ2n) is 8.30. The molecule has 2 aromatic heterocycles. The summed E-state index contributed by atoms with van der Waals surface area (Å²) in [6.07, 6.45) is 5.47. The largest absolute Gasteiger partial charge is 0.496 e. The van der Waals surface area contributed by atoms with Crippen LogP contribution < -0.4 is 4.74 Å². The van der Waals surface area contributed by atoms with Crippen LogP contribution in [0, 0.1) is 5.82 Å². The summed E-state index contributed by atoms with van der Waals surface area (Å²) in [6, 6.07) is 8.37. The van der Waals surface area contributed by atoms with Crippen molar-refractivity contribution >= 4 is 5.78 Å². The Morgan fingerprint density at radius 3 is 2.75 bits per heavy atom. The molecule has 4 rings (SSSR count). The Morgan fingerprint density at radius 1 is 1.25 bits per heavy atom. The third-order valence-corrected chi connectivity index (χ3v) is 6.00. The van der Waals surface area contributed by atoms with E-state index in [0.717, 1.165) is 38.2 Å². The molecule has 3 aromatic rings. The number of hydrogen-bond donors (Lipinski definition) is 1. The standard InChI is InChI=1S/C24H28FN5O2/c1-29(2)18-8-11-30(12-9-18)15-17-14-27-24(28-17)23(31)16-7-10-26-20(13-16)22-19(25)5-4-6-21(22)32-3/h4-7,10,13-14,18H,8-9,11-12,15H2,1-3H3,(H,27,28). The lowest BCUT2D eigenvalue weighted by Gasteiger charge is -2.34. The van der Waals surface area contributed by atoms with Gasteiger partial charge in [0, 0.05) is 43.1 Å². The second-order valence-corrected chi connectivity index (χ2v) is 8.30. The van der Waals surface area contributed by atoms with Crippen LogP contribution in [0.3, 0.4) is 0 Å². The molecule has 8 heteroatoms. The van der Waals surface area contributed by atoms with Crippen LogP contribution in [0.25, 0.3) is 11.3 Å². The lowest BCUT2D eigenvalue weighted by Crippen LogP contribution is -2.41. The van der Waals surface area contributed by atoms with Gasteiger partial charge in [0.2, 0.25) is 5.78 Å². The van der Waals surface area contributed by atoms with Gasteiger partial charge in [-0.05, 0) is 51.2 Å². The Bertz CT molecular complexity index is 1090. The van der Waals surface area contributed by atoms with Crippen molar-refractivity contribution in [2.75, 3.05) is 34.3 Å².